The Balaban J connectivity index is 2.30. The minimum atomic E-state index is -3.65. The fourth-order valence-corrected chi connectivity index (χ4v) is 3.40. The van der Waals surface area contributed by atoms with Gasteiger partial charge in [-0.05, 0) is 42.8 Å². The molecule has 3 N–H and O–H groups in total. The van der Waals surface area contributed by atoms with E-state index in [1.807, 2.05) is 0 Å². The third-order valence-electron chi connectivity index (χ3n) is 3.72. The highest BCUT2D eigenvalue weighted by Gasteiger charge is 2.16. The average Bonchev–Trinajstić information content (AvgIpc) is 2.63. The summed E-state index contributed by atoms with van der Waals surface area (Å²) in [5, 5.41) is 5.25. The van der Waals surface area contributed by atoms with Gasteiger partial charge in [-0.3, -0.25) is 9.59 Å². The van der Waals surface area contributed by atoms with Crippen LogP contribution in [0.15, 0.2) is 47.4 Å². The van der Waals surface area contributed by atoms with Crippen LogP contribution >= 0.6 is 0 Å². The third-order valence-corrected chi connectivity index (χ3v) is 5.26. The lowest BCUT2D eigenvalue weighted by Crippen LogP contribution is -2.23. The van der Waals surface area contributed by atoms with E-state index in [9.17, 15) is 18.0 Å². The molecular weight excluding hydrogens is 354 g/mol. The summed E-state index contributed by atoms with van der Waals surface area (Å²) in [5.41, 5.74) is 1.88. The Bertz CT molecular complexity index is 939. The Morgan fingerprint density at radius 2 is 1.69 bits per heavy atom. The van der Waals surface area contributed by atoms with Crippen LogP contribution in [0.5, 0.6) is 0 Å². The molecule has 0 aliphatic heterocycles. The van der Waals surface area contributed by atoms with Crippen LogP contribution in [0.2, 0.25) is 0 Å². The van der Waals surface area contributed by atoms with Gasteiger partial charge in [0.1, 0.15) is 0 Å². The summed E-state index contributed by atoms with van der Waals surface area (Å²) in [4.78, 5) is 24.3. The number of hydrogen-bond acceptors (Lipinski definition) is 4. The molecule has 2 rings (SSSR count). The maximum Gasteiger partial charge on any atom is 0.255 e. The third kappa shape index (κ3) is 4.47. The van der Waals surface area contributed by atoms with E-state index in [-0.39, 0.29) is 22.9 Å². The molecule has 0 radical (unpaired) electrons. The van der Waals surface area contributed by atoms with E-state index in [4.69, 9.17) is 0 Å². The number of nitrogens with one attached hydrogen (secondary N) is 3. The SMILES string of the molecule is CCNS(=O)(=O)c1cccc(C(=O)Nc2cc(C(=O)NC)ccc2C)c1. The van der Waals surface area contributed by atoms with Gasteiger partial charge in [0.05, 0.1) is 4.90 Å². The van der Waals surface area contributed by atoms with Crippen LogP contribution in [-0.4, -0.2) is 33.8 Å². The molecular formula is C18H21N3O4S. The van der Waals surface area contributed by atoms with Gasteiger partial charge in [-0.25, -0.2) is 13.1 Å². The number of aryl methyl sites for hydroxylation is 1. The van der Waals surface area contributed by atoms with E-state index in [1.165, 1.54) is 31.3 Å². The summed E-state index contributed by atoms with van der Waals surface area (Å²) in [6.07, 6.45) is 0. The lowest BCUT2D eigenvalue weighted by molar-refractivity contribution is 0.0961. The highest BCUT2D eigenvalue weighted by molar-refractivity contribution is 7.89. The lowest BCUT2D eigenvalue weighted by atomic mass is 10.1. The molecule has 0 saturated heterocycles. The summed E-state index contributed by atoms with van der Waals surface area (Å²) in [6, 6.07) is 10.7. The standard InChI is InChI=1S/C18H21N3O4S/c1-4-20-26(24,25)15-7-5-6-13(10-15)18(23)21-16-11-14(17(22)19-3)9-8-12(16)2/h5-11,20H,4H2,1-3H3,(H,19,22)(H,21,23). The Hall–Kier alpha value is -2.71. The Morgan fingerprint density at radius 1 is 1.00 bits per heavy atom. The number of anilines is 1. The van der Waals surface area contributed by atoms with Crippen molar-refractivity contribution in [3.8, 4) is 0 Å². The zero-order chi connectivity index (χ0) is 19.3. The Kier molecular flexibility index (Phi) is 6.12. The van der Waals surface area contributed by atoms with Crippen molar-refractivity contribution in [2.75, 3.05) is 18.9 Å². The number of amides is 2. The van der Waals surface area contributed by atoms with Crippen LogP contribution in [0.25, 0.3) is 0 Å². The second-order valence-electron chi connectivity index (χ2n) is 5.59. The molecule has 0 bridgehead atoms. The molecule has 0 spiro atoms. The van der Waals surface area contributed by atoms with Gasteiger partial charge in [0.25, 0.3) is 11.8 Å². The molecule has 0 aliphatic carbocycles. The Labute approximate surface area is 152 Å². The number of carbonyl (C=O) groups is 2. The van der Waals surface area contributed by atoms with Crippen molar-refractivity contribution in [3.05, 3.63) is 59.2 Å². The van der Waals surface area contributed by atoms with Crippen molar-refractivity contribution < 1.29 is 18.0 Å². The second-order valence-corrected chi connectivity index (χ2v) is 7.36. The van der Waals surface area contributed by atoms with E-state index in [2.05, 4.69) is 15.4 Å². The first-order valence-corrected chi connectivity index (χ1v) is 9.50. The van der Waals surface area contributed by atoms with Crippen LogP contribution in [0, 0.1) is 6.92 Å². The molecule has 7 nitrogen and oxygen atoms in total. The molecule has 2 amide bonds. The number of sulfonamides is 1. The van der Waals surface area contributed by atoms with E-state index in [1.54, 1.807) is 32.0 Å². The molecule has 0 atom stereocenters. The normalized spacial score (nSPS) is 11.0. The number of rotatable bonds is 6. The molecule has 0 heterocycles. The summed E-state index contributed by atoms with van der Waals surface area (Å²) < 4.78 is 26.6. The highest BCUT2D eigenvalue weighted by Crippen LogP contribution is 2.19. The quantitative estimate of drug-likeness (QED) is 0.717. The zero-order valence-electron chi connectivity index (χ0n) is 14.8. The van der Waals surface area contributed by atoms with Gasteiger partial charge in [0.15, 0.2) is 0 Å². The van der Waals surface area contributed by atoms with Gasteiger partial charge < -0.3 is 10.6 Å². The predicted molar refractivity (Wildman–Crippen MR) is 99.8 cm³/mol. The van der Waals surface area contributed by atoms with Crippen molar-refractivity contribution in [1.29, 1.82) is 0 Å². The molecule has 8 heteroatoms. The molecule has 26 heavy (non-hydrogen) atoms. The van der Waals surface area contributed by atoms with Crippen LogP contribution in [-0.2, 0) is 10.0 Å². The van der Waals surface area contributed by atoms with E-state index < -0.39 is 15.9 Å². The molecule has 2 aromatic carbocycles. The summed E-state index contributed by atoms with van der Waals surface area (Å²) in [7, 11) is -2.13. The summed E-state index contributed by atoms with van der Waals surface area (Å²) in [5.74, 6) is -0.727. The number of carbonyl (C=O) groups excluding carboxylic acids is 2. The van der Waals surface area contributed by atoms with Crippen LogP contribution in [0.3, 0.4) is 0 Å². The first kappa shape index (κ1) is 19.6. The first-order chi connectivity index (χ1) is 12.3. The number of hydrogen-bond donors (Lipinski definition) is 3. The van der Waals surface area contributed by atoms with Gasteiger partial charge in [0, 0.05) is 30.4 Å². The minimum absolute atomic E-state index is 0.0165. The average molecular weight is 375 g/mol. The van der Waals surface area contributed by atoms with Gasteiger partial charge >= 0.3 is 0 Å². The fraction of sp³-hybridized carbons (Fsp3) is 0.222. The molecule has 0 fully saturated rings. The van der Waals surface area contributed by atoms with Crippen molar-refractivity contribution in [2.45, 2.75) is 18.7 Å². The highest BCUT2D eigenvalue weighted by atomic mass is 32.2. The van der Waals surface area contributed by atoms with Crippen molar-refractivity contribution in [2.24, 2.45) is 0 Å². The maximum absolute atomic E-state index is 12.5. The molecule has 0 unspecified atom stereocenters. The summed E-state index contributed by atoms with van der Waals surface area (Å²) >= 11 is 0. The van der Waals surface area contributed by atoms with Gasteiger partial charge in [-0.2, -0.15) is 0 Å². The largest absolute Gasteiger partial charge is 0.355 e. The first-order valence-electron chi connectivity index (χ1n) is 8.02. The monoisotopic (exact) mass is 375 g/mol. The van der Waals surface area contributed by atoms with Crippen LogP contribution in [0.1, 0.15) is 33.2 Å². The van der Waals surface area contributed by atoms with Crippen molar-refractivity contribution >= 4 is 27.5 Å². The molecule has 2 aromatic rings. The van der Waals surface area contributed by atoms with Gasteiger partial charge in [-0.15, -0.1) is 0 Å². The zero-order valence-corrected chi connectivity index (χ0v) is 15.6. The maximum atomic E-state index is 12.5. The van der Waals surface area contributed by atoms with E-state index in [0.29, 0.717) is 11.3 Å². The summed E-state index contributed by atoms with van der Waals surface area (Å²) in [6.45, 7) is 3.73. The van der Waals surface area contributed by atoms with Gasteiger partial charge in [-0.1, -0.05) is 19.1 Å². The molecule has 0 aromatic heterocycles. The van der Waals surface area contributed by atoms with E-state index >= 15 is 0 Å². The smallest absolute Gasteiger partial charge is 0.255 e. The fourth-order valence-electron chi connectivity index (χ4n) is 2.31. The second kappa shape index (κ2) is 8.11. The molecule has 0 aliphatic rings. The molecule has 138 valence electrons. The lowest BCUT2D eigenvalue weighted by Gasteiger charge is -2.11. The Morgan fingerprint density at radius 3 is 2.35 bits per heavy atom. The van der Waals surface area contributed by atoms with Crippen molar-refractivity contribution in [1.82, 2.24) is 10.0 Å². The topological polar surface area (TPSA) is 104 Å². The predicted octanol–water partition coefficient (Wildman–Crippen LogP) is 1.91. The minimum Gasteiger partial charge on any atom is -0.355 e. The van der Waals surface area contributed by atoms with Crippen LogP contribution < -0.4 is 15.4 Å². The number of benzene rings is 2. The van der Waals surface area contributed by atoms with Gasteiger partial charge in [0.2, 0.25) is 10.0 Å². The van der Waals surface area contributed by atoms with Crippen LogP contribution in [0.4, 0.5) is 5.69 Å². The van der Waals surface area contributed by atoms with E-state index in [0.717, 1.165) is 5.56 Å². The van der Waals surface area contributed by atoms with Crippen molar-refractivity contribution in [3.63, 3.8) is 0 Å². The molecule has 0 saturated carbocycles.